The van der Waals surface area contributed by atoms with E-state index in [0.717, 1.165) is 15.6 Å². The van der Waals surface area contributed by atoms with E-state index in [-0.39, 0.29) is 5.91 Å². The van der Waals surface area contributed by atoms with Crippen molar-refractivity contribution in [1.82, 2.24) is 4.98 Å². The van der Waals surface area contributed by atoms with Crippen molar-refractivity contribution in [3.05, 3.63) is 70.2 Å². The third kappa shape index (κ3) is 5.61. The summed E-state index contributed by atoms with van der Waals surface area (Å²) in [5.74, 6) is 0.530. The molecule has 0 aliphatic carbocycles. The highest BCUT2D eigenvalue weighted by molar-refractivity contribution is 7.98. The average molecular weight is 442 g/mol. The highest BCUT2D eigenvalue weighted by Crippen LogP contribution is 2.28. The Morgan fingerprint density at radius 3 is 2.57 bits per heavy atom. The molecular weight excluding hydrogens is 418 g/mol. The molecule has 8 heteroatoms. The van der Waals surface area contributed by atoms with E-state index in [9.17, 15) is 9.59 Å². The number of ether oxygens (including phenoxy) is 1. The van der Waals surface area contributed by atoms with Crippen molar-refractivity contribution < 1.29 is 14.3 Å². The summed E-state index contributed by atoms with van der Waals surface area (Å²) < 4.78 is 4.99. The highest BCUT2D eigenvalue weighted by atomic mass is 32.2. The number of nitrogens with zero attached hydrogens (tertiary/aromatic N) is 2. The molecule has 3 rings (SSSR count). The first-order valence-corrected chi connectivity index (χ1v) is 11.3. The number of rotatable bonds is 7. The Labute approximate surface area is 184 Å². The number of thioether (sulfide) groups is 1. The van der Waals surface area contributed by atoms with Crippen LogP contribution in [0, 0.1) is 6.92 Å². The smallest absolute Gasteiger partial charge is 0.413 e. The van der Waals surface area contributed by atoms with Crippen molar-refractivity contribution in [3.63, 3.8) is 0 Å². The Kier molecular flexibility index (Phi) is 7.48. The van der Waals surface area contributed by atoms with E-state index in [0.29, 0.717) is 29.3 Å². The molecule has 0 aliphatic heterocycles. The Morgan fingerprint density at radius 1 is 1.17 bits per heavy atom. The summed E-state index contributed by atoms with van der Waals surface area (Å²) in [7, 11) is 1.64. The van der Waals surface area contributed by atoms with Crippen LogP contribution in [0.15, 0.2) is 58.8 Å². The zero-order chi connectivity index (χ0) is 21.5. The number of amides is 2. The van der Waals surface area contributed by atoms with Gasteiger partial charge < -0.3 is 10.1 Å². The Hall–Kier alpha value is -2.84. The first-order valence-electron chi connectivity index (χ1n) is 9.42. The second-order valence-corrected chi connectivity index (χ2v) is 8.48. The Morgan fingerprint density at radius 2 is 1.90 bits per heavy atom. The number of hydrogen-bond acceptors (Lipinski definition) is 6. The number of aromatic nitrogens is 1. The van der Waals surface area contributed by atoms with E-state index in [1.807, 2.05) is 36.6 Å². The molecule has 30 heavy (non-hydrogen) atoms. The lowest BCUT2D eigenvalue weighted by Crippen LogP contribution is -2.26. The minimum absolute atomic E-state index is 0.181. The molecule has 6 nitrogen and oxygen atoms in total. The maximum Gasteiger partial charge on any atom is 0.413 e. The molecule has 0 spiro atoms. The monoisotopic (exact) mass is 441 g/mol. The molecule has 0 radical (unpaired) electrons. The van der Waals surface area contributed by atoms with Crippen LogP contribution in [0.25, 0.3) is 0 Å². The van der Waals surface area contributed by atoms with Crippen LogP contribution >= 0.6 is 23.1 Å². The van der Waals surface area contributed by atoms with Crippen LogP contribution in [0.4, 0.5) is 16.2 Å². The topological polar surface area (TPSA) is 71.5 Å². The van der Waals surface area contributed by atoms with Gasteiger partial charge in [-0.05, 0) is 50.2 Å². The molecule has 0 unspecified atom stereocenters. The summed E-state index contributed by atoms with van der Waals surface area (Å²) in [6.45, 7) is 4.06. The third-order valence-electron chi connectivity index (χ3n) is 4.23. The van der Waals surface area contributed by atoms with E-state index >= 15 is 0 Å². The van der Waals surface area contributed by atoms with Gasteiger partial charge in [-0.3, -0.25) is 9.69 Å². The fraction of sp³-hybridized carbons (Fsp3) is 0.227. The predicted octanol–water partition coefficient (Wildman–Crippen LogP) is 5.59. The van der Waals surface area contributed by atoms with Crippen molar-refractivity contribution in [2.45, 2.75) is 24.5 Å². The van der Waals surface area contributed by atoms with Gasteiger partial charge in [-0.25, -0.2) is 9.78 Å². The van der Waals surface area contributed by atoms with Crippen molar-refractivity contribution >= 4 is 46.5 Å². The van der Waals surface area contributed by atoms with Gasteiger partial charge in [0.15, 0.2) is 0 Å². The molecule has 2 aromatic carbocycles. The Bertz CT molecular complexity index is 1020. The molecule has 0 aliphatic rings. The van der Waals surface area contributed by atoms with Gasteiger partial charge >= 0.3 is 6.09 Å². The molecule has 1 aromatic heterocycles. The SMILES string of the molecule is CCOC(=O)N(C)c1ccc(NC(=O)c2ccccc2SCc2csc(C)n2)cc1. The van der Waals surface area contributed by atoms with Crippen molar-refractivity contribution in [2.75, 3.05) is 23.9 Å². The van der Waals surface area contributed by atoms with Crippen LogP contribution in [-0.2, 0) is 10.5 Å². The third-order valence-corrected chi connectivity index (χ3v) is 6.16. The number of hydrogen-bond donors (Lipinski definition) is 1. The molecule has 1 heterocycles. The molecule has 2 amide bonds. The molecule has 0 bridgehead atoms. The molecule has 0 fully saturated rings. The number of carbonyl (C=O) groups excluding carboxylic acids is 2. The van der Waals surface area contributed by atoms with E-state index in [1.54, 1.807) is 61.3 Å². The summed E-state index contributed by atoms with van der Waals surface area (Å²) in [5, 5.41) is 6.00. The van der Waals surface area contributed by atoms with Gasteiger partial charge in [0.25, 0.3) is 5.91 Å². The van der Waals surface area contributed by atoms with Gasteiger partial charge in [0, 0.05) is 34.5 Å². The van der Waals surface area contributed by atoms with Gasteiger partial charge in [-0.1, -0.05) is 12.1 Å². The van der Waals surface area contributed by atoms with Gasteiger partial charge in [0.1, 0.15) is 0 Å². The second kappa shape index (κ2) is 10.3. The predicted molar refractivity (Wildman–Crippen MR) is 123 cm³/mol. The normalized spacial score (nSPS) is 10.5. The van der Waals surface area contributed by atoms with Crippen LogP contribution in [0.1, 0.15) is 28.0 Å². The number of aryl methyl sites for hydroxylation is 1. The molecule has 156 valence electrons. The fourth-order valence-corrected chi connectivity index (χ4v) is 4.36. The van der Waals surface area contributed by atoms with Crippen LogP contribution in [0.5, 0.6) is 0 Å². The summed E-state index contributed by atoms with van der Waals surface area (Å²) in [6, 6.07) is 14.6. The van der Waals surface area contributed by atoms with Crippen molar-refractivity contribution in [1.29, 1.82) is 0 Å². The van der Waals surface area contributed by atoms with E-state index in [1.165, 1.54) is 4.90 Å². The summed E-state index contributed by atoms with van der Waals surface area (Å²) in [6.07, 6.45) is -0.421. The van der Waals surface area contributed by atoms with Crippen molar-refractivity contribution in [3.8, 4) is 0 Å². The van der Waals surface area contributed by atoms with E-state index in [2.05, 4.69) is 10.3 Å². The molecular formula is C22H23N3O3S2. The van der Waals surface area contributed by atoms with Crippen LogP contribution < -0.4 is 10.2 Å². The van der Waals surface area contributed by atoms with Crippen LogP contribution in [0.3, 0.4) is 0 Å². The Balaban J connectivity index is 1.66. The van der Waals surface area contributed by atoms with Gasteiger partial charge in [-0.2, -0.15) is 0 Å². The molecule has 0 atom stereocenters. The van der Waals surface area contributed by atoms with E-state index in [4.69, 9.17) is 4.74 Å². The highest BCUT2D eigenvalue weighted by Gasteiger charge is 2.14. The van der Waals surface area contributed by atoms with Crippen LogP contribution in [-0.4, -0.2) is 30.6 Å². The number of thiazole rings is 1. The number of nitrogens with one attached hydrogen (secondary N) is 1. The summed E-state index contributed by atoms with van der Waals surface area (Å²) >= 11 is 3.21. The summed E-state index contributed by atoms with van der Waals surface area (Å²) in [4.78, 5) is 31.5. The minimum atomic E-state index is -0.421. The van der Waals surface area contributed by atoms with Gasteiger partial charge in [0.05, 0.1) is 22.9 Å². The zero-order valence-corrected chi connectivity index (χ0v) is 18.7. The van der Waals surface area contributed by atoms with E-state index < -0.39 is 6.09 Å². The molecule has 1 N–H and O–H groups in total. The summed E-state index contributed by atoms with van der Waals surface area (Å²) in [5.41, 5.74) is 2.96. The van der Waals surface area contributed by atoms with Gasteiger partial charge in [0.2, 0.25) is 0 Å². The molecule has 0 saturated heterocycles. The lowest BCUT2D eigenvalue weighted by molar-refractivity contribution is 0.102. The maximum absolute atomic E-state index is 12.8. The fourth-order valence-electron chi connectivity index (χ4n) is 2.70. The largest absolute Gasteiger partial charge is 0.449 e. The first-order chi connectivity index (χ1) is 14.5. The molecule has 3 aromatic rings. The van der Waals surface area contributed by atoms with Crippen LogP contribution in [0.2, 0.25) is 0 Å². The quantitative estimate of drug-likeness (QED) is 0.484. The molecule has 0 saturated carbocycles. The zero-order valence-electron chi connectivity index (χ0n) is 17.0. The maximum atomic E-state index is 12.8. The lowest BCUT2D eigenvalue weighted by Gasteiger charge is -2.17. The average Bonchev–Trinajstić information content (AvgIpc) is 3.17. The second-order valence-electron chi connectivity index (χ2n) is 6.40. The minimum Gasteiger partial charge on any atom is -0.449 e. The standard InChI is InChI=1S/C22H23N3O3S2/c1-4-28-22(27)25(3)18-11-9-16(10-12-18)24-21(26)19-7-5-6-8-20(19)30-14-17-13-29-15(2)23-17/h5-13H,4,14H2,1-3H3,(H,24,26). The lowest BCUT2D eigenvalue weighted by atomic mass is 10.2. The van der Waals surface area contributed by atoms with Crippen molar-refractivity contribution in [2.24, 2.45) is 0 Å². The van der Waals surface area contributed by atoms with Gasteiger partial charge in [-0.15, -0.1) is 23.1 Å². The number of benzene rings is 2. The first kappa shape index (κ1) is 21.9. The number of carbonyl (C=O) groups is 2. The number of anilines is 2.